The molecular formula is C30H29F11O2. The average molecular weight is 631 g/mol. The smallest absolute Gasteiger partial charge is 0.432 e. The Morgan fingerprint density at radius 3 is 1.67 bits per heavy atom. The molecule has 0 spiro atoms. The molecule has 0 aliphatic heterocycles. The van der Waals surface area contributed by atoms with E-state index in [4.69, 9.17) is 0 Å². The Hall–Kier alpha value is -2.99. The predicted molar refractivity (Wildman–Crippen MR) is 134 cm³/mol. The number of halogens is 11. The number of rotatable bonds is 9. The van der Waals surface area contributed by atoms with Crippen LogP contribution in [0.4, 0.5) is 48.3 Å². The molecule has 0 saturated heterocycles. The van der Waals surface area contributed by atoms with Gasteiger partial charge in [-0.05, 0) is 56.8 Å². The third kappa shape index (κ3) is 7.57. The maximum absolute atomic E-state index is 15.0. The van der Waals surface area contributed by atoms with E-state index in [2.05, 4.69) is 22.5 Å². The van der Waals surface area contributed by atoms with E-state index >= 15 is 0 Å². The van der Waals surface area contributed by atoms with Crippen LogP contribution in [-0.4, -0.2) is 6.11 Å². The number of ether oxygens (including phenoxy) is 2. The molecule has 0 heterocycles. The van der Waals surface area contributed by atoms with E-state index in [-0.39, 0.29) is 43.0 Å². The van der Waals surface area contributed by atoms with Crippen molar-refractivity contribution in [2.75, 3.05) is 0 Å². The molecular weight excluding hydrogens is 601 g/mol. The number of hydrogen-bond acceptors (Lipinski definition) is 2. The molecule has 0 radical (unpaired) electrons. The highest BCUT2D eigenvalue weighted by molar-refractivity contribution is 5.36. The summed E-state index contributed by atoms with van der Waals surface area (Å²) in [5.41, 5.74) is -3.26. The summed E-state index contributed by atoms with van der Waals surface area (Å²) in [6, 6.07) is -0.335. The van der Waals surface area contributed by atoms with E-state index in [1.807, 2.05) is 0 Å². The molecule has 238 valence electrons. The number of allylic oxidation sites excluding steroid dienone is 2. The Labute approximate surface area is 240 Å². The van der Waals surface area contributed by atoms with E-state index in [1.54, 1.807) is 0 Å². The summed E-state index contributed by atoms with van der Waals surface area (Å²) in [6.07, 6.45) is -5.89. The van der Waals surface area contributed by atoms with E-state index in [0.717, 1.165) is 32.1 Å². The van der Waals surface area contributed by atoms with Gasteiger partial charge in [0, 0.05) is 24.3 Å². The van der Waals surface area contributed by atoms with Crippen molar-refractivity contribution in [3.8, 4) is 11.5 Å². The molecule has 2 aliphatic carbocycles. The maximum Gasteiger partial charge on any atom is 0.432 e. The molecule has 2 aliphatic rings. The fourth-order valence-electron chi connectivity index (χ4n) is 5.96. The summed E-state index contributed by atoms with van der Waals surface area (Å²) < 4.78 is 163. The SMILES string of the molecule is CCCC1CC=C(C2CCC(C(F)(F)Oc3cc(F)c(C(F)(F)Oc4cc(F)c(C(F)(F)F)c(F)c4)c(F)c3)CC2)CC1. The molecule has 0 bridgehead atoms. The highest BCUT2D eigenvalue weighted by Gasteiger charge is 2.46. The quantitative estimate of drug-likeness (QED) is 0.203. The van der Waals surface area contributed by atoms with Crippen LogP contribution in [0.25, 0.3) is 0 Å². The predicted octanol–water partition coefficient (Wildman–Crippen LogP) is 10.7. The lowest BCUT2D eigenvalue weighted by Gasteiger charge is -2.35. The van der Waals surface area contributed by atoms with E-state index in [9.17, 15) is 48.3 Å². The highest BCUT2D eigenvalue weighted by atomic mass is 19.4. The van der Waals surface area contributed by atoms with Crippen LogP contribution in [0.1, 0.15) is 75.8 Å². The average Bonchev–Trinajstić information content (AvgIpc) is 2.87. The molecule has 0 N–H and O–H groups in total. The molecule has 1 fully saturated rings. The fraction of sp³-hybridized carbons (Fsp3) is 0.533. The molecule has 1 unspecified atom stereocenters. The van der Waals surface area contributed by atoms with Gasteiger partial charge < -0.3 is 9.47 Å². The minimum atomic E-state index is -5.50. The summed E-state index contributed by atoms with van der Waals surface area (Å²) in [5.74, 6) is -11.9. The van der Waals surface area contributed by atoms with Gasteiger partial charge in [-0.1, -0.05) is 31.4 Å². The second kappa shape index (κ2) is 12.6. The Balaban J connectivity index is 1.43. The first kappa shape index (κ1) is 32.9. The fourth-order valence-corrected chi connectivity index (χ4v) is 5.96. The molecule has 0 aromatic heterocycles. The van der Waals surface area contributed by atoms with E-state index in [1.165, 1.54) is 5.57 Å². The second-order valence-corrected chi connectivity index (χ2v) is 11.1. The number of alkyl halides is 7. The largest absolute Gasteiger partial charge is 0.432 e. The number of hydrogen-bond donors (Lipinski definition) is 0. The first-order valence-electron chi connectivity index (χ1n) is 13.9. The van der Waals surface area contributed by atoms with Gasteiger partial charge in [0.25, 0.3) is 0 Å². The van der Waals surface area contributed by atoms with Gasteiger partial charge in [0.1, 0.15) is 45.9 Å². The van der Waals surface area contributed by atoms with Crippen molar-refractivity contribution in [1.82, 2.24) is 0 Å². The third-order valence-electron chi connectivity index (χ3n) is 8.08. The van der Waals surface area contributed by atoms with Gasteiger partial charge in [-0.25, -0.2) is 17.6 Å². The monoisotopic (exact) mass is 630 g/mol. The van der Waals surface area contributed by atoms with Crippen molar-refractivity contribution in [3.63, 3.8) is 0 Å². The van der Waals surface area contributed by atoms with Crippen molar-refractivity contribution >= 4 is 0 Å². The molecule has 2 aromatic carbocycles. The normalized spacial score (nSPS) is 21.9. The molecule has 2 aromatic rings. The summed E-state index contributed by atoms with van der Waals surface area (Å²) in [5, 5.41) is 0. The summed E-state index contributed by atoms with van der Waals surface area (Å²) in [4.78, 5) is 0. The number of benzene rings is 2. The van der Waals surface area contributed by atoms with Gasteiger partial charge in [-0.2, -0.15) is 30.7 Å². The van der Waals surface area contributed by atoms with Crippen LogP contribution in [0.3, 0.4) is 0 Å². The molecule has 43 heavy (non-hydrogen) atoms. The topological polar surface area (TPSA) is 18.5 Å². The molecule has 13 heteroatoms. The Morgan fingerprint density at radius 2 is 1.21 bits per heavy atom. The van der Waals surface area contributed by atoms with Crippen LogP contribution in [-0.2, 0) is 12.3 Å². The van der Waals surface area contributed by atoms with Crippen molar-refractivity contribution in [2.45, 2.75) is 83.1 Å². The molecule has 1 atom stereocenters. The summed E-state index contributed by atoms with van der Waals surface area (Å²) in [6.45, 7) is 2.13. The van der Waals surface area contributed by atoms with Crippen molar-refractivity contribution in [3.05, 3.63) is 70.3 Å². The van der Waals surface area contributed by atoms with Crippen LogP contribution < -0.4 is 9.47 Å². The standard InChI is InChI=1S/C30H29F11O2/c1-2-3-16-4-6-17(7-5-16)18-8-10-19(11-9-18)29(38,39)42-20-14-24(33)27(25(34)15-20)30(40,41)43-21-12-22(31)26(23(32)13-21)28(35,36)37/h6,12-16,18-19H,2-5,7-11H2,1H3. The lowest BCUT2D eigenvalue weighted by Crippen LogP contribution is -2.37. The molecule has 2 nitrogen and oxygen atoms in total. The first-order chi connectivity index (χ1) is 20.0. The van der Waals surface area contributed by atoms with Crippen molar-refractivity contribution in [1.29, 1.82) is 0 Å². The van der Waals surface area contributed by atoms with Crippen molar-refractivity contribution in [2.24, 2.45) is 17.8 Å². The zero-order valence-corrected chi connectivity index (χ0v) is 23.0. The lowest BCUT2D eigenvalue weighted by atomic mass is 9.74. The summed E-state index contributed by atoms with van der Waals surface area (Å²) in [7, 11) is 0. The zero-order chi connectivity index (χ0) is 31.7. The summed E-state index contributed by atoms with van der Waals surface area (Å²) >= 11 is 0. The van der Waals surface area contributed by atoms with Crippen LogP contribution in [0.15, 0.2) is 35.9 Å². The molecule has 0 amide bonds. The second-order valence-electron chi connectivity index (χ2n) is 11.1. The van der Waals surface area contributed by atoms with E-state index in [0.29, 0.717) is 18.8 Å². The van der Waals surface area contributed by atoms with Crippen LogP contribution in [0.2, 0.25) is 0 Å². The van der Waals surface area contributed by atoms with Gasteiger partial charge in [0.2, 0.25) is 0 Å². The first-order valence-corrected chi connectivity index (χ1v) is 13.9. The zero-order valence-electron chi connectivity index (χ0n) is 23.0. The Kier molecular flexibility index (Phi) is 9.61. The lowest BCUT2D eigenvalue weighted by molar-refractivity contribution is -0.223. The molecule has 4 rings (SSSR count). The third-order valence-corrected chi connectivity index (χ3v) is 8.08. The Morgan fingerprint density at radius 1 is 0.698 bits per heavy atom. The van der Waals surface area contributed by atoms with Gasteiger partial charge in [-0.15, -0.1) is 0 Å². The minimum absolute atomic E-state index is 0.0720. The van der Waals surface area contributed by atoms with Gasteiger partial charge >= 0.3 is 18.4 Å². The molecule has 1 saturated carbocycles. The van der Waals surface area contributed by atoms with Gasteiger partial charge in [-0.3, -0.25) is 0 Å². The van der Waals surface area contributed by atoms with Crippen LogP contribution >= 0.6 is 0 Å². The van der Waals surface area contributed by atoms with Crippen molar-refractivity contribution < 1.29 is 57.8 Å². The van der Waals surface area contributed by atoms with Gasteiger partial charge in [0.15, 0.2) is 0 Å². The highest BCUT2D eigenvalue weighted by Crippen LogP contribution is 2.45. The minimum Gasteiger partial charge on any atom is -0.432 e. The maximum atomic E-state index is 15.0. The van der Waals surface area contributed by atoms with Gasteiger partial charge in [0.05, 0.1) is 5.92 Å². The van der Waals surface area contributed by atoms with Crippen LogP contribution in [0, 0.1) is 41.0 Å². The van der Waals surface area contributed by atoms with Crippen LogP contribution in [0.5, 0.6) is 11.5 Å². The Bertz CT molecular complexity index is 1280. The van der Waals surface area contributed by atoms with E-state index < -0.39 is 70.2 Å².